The topological polar surface area (TPSA) is 52.6 Å². The van der Waals surface area contributed by atoms with Crippen molar-refractivity contribution in [3.63, 3.8) is 0 Å². The number of hydrogen-bond donors (Lipinski definition) is 0. The van der Waals surface area contributed by atoms with E-state index in [1.165, 1.54) is 0 Å². The maximum Gasteiger partial charge on any atom is 0.320 e. The lowest BCUT2D eigenvalue weighted by Gasteiger charge is -2.34. The fraction of sp³-hybridized carbons (Fsp3) is 0.867. The second-order valence-electron chi connectivity index (χ2n) is 5.51. The standard InChI is InChI=1S/C15H26O4/c1-5-18-14(16)13(15(17)19-6-2)12-8-7-10(3)11(4)9-12/h10-13H,5-9H2,1-4H3. The molecule has 0 radical (unpaired) electrons. The van der Waals surface area contributed by atoms with Crippen LogP contribution >= 0.6 is 0 Å². The molecule has 1 aliphatic carbocycles. The Morgan fingerprint density at radius 3 is 1.95 bits per heavy atom. The largest absolute Gasteiger partial charge is 0.465 e. The van der Waals surface area contributed by atoms with Crippen LogP contribution in [0.4, 0.5) is 0 Å². The summed E-state index contributed by atoms with van der Waals surface area (Å²) < 4.78 is 10.1. The first-order chi connectivity index (χ1) is 9.01. The molecule has 4 nitrogen and oxygen atoms in total. The van der Waals surface area contributed by atoms with Gasteiger partial charge in [-0.3, -0.25) is 9.59 Å². The quantitative estimate of drug-likeness (QED) is 0.569. The molecule has 1 rings (SSSR count). The van der Waals surface area contributed by atoms with Crippen molar-refractivity contribution in [3.8, 4) is 0 Å². The molecular weight excluding hydrogens is 244 g/mol. The summed E-state index contributed by atoms with van der Waals surface area (Å²) in [7, 11) is 0. The van der Waals surface area contributed by atoms with Gasteiger partial charge >= 0.3 is 11.9 Å². The second kappa shape index (κ2) is 7.51. The molecule has 0 aliphatic heterocycles. The third kappa shape index (κ3) is 4.22. The van der Waals surface area contributed by atoms with Crippen molar-refractivity contribution < 1.29 is 19.1 Å². The van der Waals surface area contributed by atoms with E-state index in [-0.39, 0.29) is 5.92 Å². The molecular formula is C15H26O4. The summed E-state index contributed by atoms with van der Waals surface area (Å²) in [4.78, 5) is 24.0. The van der Waals surface area contributed by atoms with E-state index in [1.807, 2.05) is 0 Å². The van der Waals surface area contributed by atoms with Crippen LogP contribution in [0.5, 0.6) is 0 Å². The highest BCUT2D eigenvalue weighted by Gasteiger charge is 2.40. The van der Waals surface area contributed by atoms with Gasteiger partial charge in [0.15, 0.2) is 5.92 Å². The third-order valence-electron chi connectivity index (χ3n) is 4.19. The first-order valence-corrected chi connectivity index (χ1v) is 7.34. The lowest BCUT2D eigenvalue weighted by atomic mass is 9.71. The van der Waals surface area contributed by atoms with E-state index in [2.05, 4.69) is 13.8 Å². The van der Waals surface area contributed by atoms with E-state index in [1.54, 1.807) is 13.8 Å². The van der Waals surface area contributed by atoms with Gasteiger partial charge in [-0.15, -0.1) is 0 Å². The highest BCUT2D eigenvalue weighted by atomic mass is 16.6. The molecule has 0 aromatic rings. The molecule has 3 unspecified atom stereocenters. The zero-order valence-corrected chi connectivity index (χ0v) is 12.5. The van der Waals surface area contributed by atoms with Gasteiger partial charge in [-0.2, -0.15) is 0 Å². The van der Waals surface area contributed by atoms with Gasteiger partial charge in [0.2, 0.25) is 0 Å². The van der Waals surface area contributed by atoms with Gasteiger partial charge in [0, 0.05) is 0 Å². The predicted octanol–water partition coefficient (Wildman–Crippen LogP) is 2.80. The van der Waals surface area contributed by atoms with E-state index in [9.17, 15) is 9.59 Å². The van der Waals surface area contributed by atoms with Gasteiger partial charge < -0.3 is 9.47 Å². The minimum atomic E-state index is -0.741. The van der Waals surface area contributed by atoms with Crippen molar-refractivity contribution in [1.29, 1.82) is 0 Å². The number of ether oxygens (including phenoxy) is 2. The van der Waals surface area contributed by atoms with Crippen LogP contribution in [0.3, 0.4) is 0 Å². The molecule has 0 amide bonds. The summed E-state index contributed by atoms with van der Waals surface area (Å²) in [5, 5.41) is 0. The number of carbonyl (C=O) groups excluding carboxylic acids is 2. The molecule has 19 heavy (non-hydrogen) atoms. The zero-order valence-electron chi connectivity index (χ0n) is 12.5. The minimum Gasteiger partial charge on any atom is -0.465 e. The Bertz CT molecular complexity index is 295. The Hall–Kier alpha value is -1.06. The van der Waals surface area contributed by atoms with Gasteiger partial charge in [0.05, 0.1) is 13.2 Å². The molecule has 0 bridgehead atoms. The minimum absolute atomic E-state index is 0.0595. The molecule has 0 spiro atoms. The Balaban J connectivity index is 2.78. The smallest absolute Gasteiger partial charge is 0.320 e. The van der Waals surface area contributed by atoms with Crippen molar-refractivity contribution in [2.24, 2.45) is 23.7 Å². The van der Waals surface area contributed by atoms with Crippen LogP contribution in [0.15, 0.2) is 0 Å². The second-order valence-corrected chi connectivity index (χ2v) is 5.51. The highest BCUT2D eigenvalue weighted by molar-refractivity contribution is 5.95. The summed E-state index contributed by atoms with van der Waals surface area (Å²) in [5.41, 5.74) is 0. The summed E-state index contributed by atoms with van der Waals surface area (Å²) in [5.74, 6) is -0.342. The third-order valence-corrected chi connectivity index (χ3v) is 4.19. The first-order valence-electron chi connectivity index (χ1n) is 7.34. The number of hydrogen-bond acceptors (Lipinski definition) is 4. The molecule has 3 atom stereocenters. The van der Waals surface area contributed by atoms with Crippen molar-refractivity contribution in [1.82, 2.24) is 0 Å². The fourth-order valence-corrected chi connectivity index (χ4v) is 2.84. The highest BCUT2D eigenvalue weighted by Crippen LogP contribution is 2.38. The molecule has 0 aromatic heterocycles. The maximum atomic E-state index is 12.0. The van der Waals surface area contributed by atoms with Crippen molar-refractivity contribution >= 4 is 11.9 Å². The van der Waals surface area contributed by atoms with Crippen LogP contribution in [-0.2, 0) is 19.1 Å². The van der Waals surface area contributed by atoms with E-state index in [4.69, 9.17) is 9.47 Å². The van der Waals surface area contributed by atoms with E-state index in [0.29, 0.717) is 25.0 Å². The summed E-state index contributed by atoms with van der Waals surface area (Å²) in [6.07, 6.45) is 2.85. The molecule has 1 aliphatic rings. The Morgan fingerprint density at radius 2 is 1.53 bits per heavy atom. The molecule has 110 valence electrons. The normalized spacial score (nSPS) is 27.1. The lowest BCUT2D eigenvalue weighted by molar-refractivity contribution is -0.165. The molecule has 1 saturated carbocycles. The average Bonchev–Trinajstić information content (AvgIpc) is 2.34. The van der Waals surface area contributed by atoms with Crippen LogP contribution in [0.25, 0.3) is 0 Å². The van der Waals surface area contributed by atoms with Crippen molar-refractivity contribution in [2.45, 2.75) is 47.0 Å². The van der Waals surface area contributed by atoms with Gasteiger partial charge in [0.1, 0.15) is 0 Å². The van der Waals surface area contributed by atoms with Gasteiger partial charge in [-0.25, -0.2) is 0 Å². The first kappa shape index (κ1) is 16.0. The van der Waals surface area contributed by atoms with E-state index >= 15 is 0 Å². The maximum absolute atomic E-state index is 12.0. The lowest BCUT2D eigenvalue weighted by Crippen LogP contribution is -2.38. The number of carbonyl (C=O) groups is 2. The zero-order chi connectivity index (χ0) is 14.4. The molecule has 4 heteroatoms. The molecule has 0 saturated heterocycles. The van der Waals surface area contributed by atoms with Crippen LogP contribution in [0, 0.1) is 23.7 Å². The van der Waals surface area contributed by atoms with E-state index < -0.39 is 17.9 Å². The Kier molecular flexibility index (Phi) is 6.32. The SMILES string of the molecule is CCOC(=O)C(C(=O)OCC)C1CCC(C)C(C)C1. The Morgan fingerprint density at radius 1 is 1.00 bits per heavy atom. The molecule has 0 N–H and O–H groups in total. The number of esters is 2. The van der Waals surface area contributed by atoms with Gasteiger partial charge in [0.25, 0.3) is 0 Å². The van der Waals surface area contributed by atoms with Crippen molar-refractivity contribution in [2.75, 3.05) is 13.2 Å². The average molecular weight is 270 g/mol. The van der Waals surface area contributed by atoms with Crippen LogP contribution in [0.1, 0.15) is 47.0 Å². The molecule has 1 fully saturated rings. The Labute approximate surface area is 115 Å². The fourth-order valence-electron chi connectivity index (χ4n) is 2.84. The van der Waals surface area contributed by atoms with Crippen LogP contribution < -0.4 is 0 Å². The van der Waals surface area contributed by atoms with E-state index in [0.717, 1.165) is 19.3 Å². The molecule has 0 heterocycles. The summed E-state index contributed by atoms with van der Waals surface area (Å²) >= 11 is 0. The summed E-state index contributed by atoms with van der Waals surface area (Å²) in [6.45, 7) is 8.52. The van der Waals surface area contributed by atoms with Crippen LogP contribution in [0.2, 0.25) is 0 Å². The summed E-state index contributed by atoms with van der Waals surface area (Å²) in [6, 6.07) is 0. The van der Waals surface area contributed by atoms with Crippen LogP contribution in [-0.4, -0.2) is 25.2 Å². The van der Waals surface area contributed by atoms with Gasteiger partial charge in [-0.05, 0) is 44.4 Å². The number of rotatable bonds is 5. The monoisotopic (exact) mass is 270 g/mol. The van der Waals surface area contributed by atoms with Gasteiger partial charge in [-0.1, -0.05) is 20.3 Å². The van der Waals surface area contributed by atoms with Crippen molar-refractivity contribution in [3.05, 3.63) is 0 Å². The molecule has 0 aromatic carbocycles. The predicted molar refractivity (Wildman–Crippen MR) is 72.4 cm³/mol.